The summed E-state index contributed by atoms with van der Waals surface area (Å²) in [5.41, 5.74) is 4.64. The number of carbonyl (C=O) groups excluding carboxylic acids is 2. The zero-order valence-electron chi connectivity index (χ0n) is 13.6. The van der Waals surface area contributed by atoms with Crippen LogP contribution in [0.3, 0.4) is 0 Å². The number of thiocarbonyl (C=S) groups is 1. The molecule has 2 rings (SSSR count). The van der Waals surface area contributed by atoms with Crippen LogP contribution in [0.25, 0.3) is 0 Å². The number of halogens is 1. The predicted octanol–water partition coefficient (Wildman–Crippen LogP) is 1.96. The van der Waals surface area contributed by atoms with Gasteiger partial charge in [-0.3, -0.25) is 35.9 Å². The second kappa shape index (κ2) is 9.46. The summed E-state index contributed by atoms with van der Waals surface area (Å²) in [5.74, 6) is -0.658. The van der Waals surface area contributed by atoms with Crippen LogP contribution in [0, 0.1) is 10.1 Å². The van der Waals surface area contributed by atoms with E-state index in [-0.39, 0.29) is 23.0 Å². The summed E-state index contributed by atoms with van der Waals surface area (Å²) in [5, 5.41) is 13.3. The fourth-order valence-electron chi connectivity index (χ4n) is 1.78. The van der Waals surface area contributed by atoms with E-state index in [2.05, 4.69) is 16.2 Å². The van der Waals surface area contributed by atoms with Crippen molar-refractivity contribution in [2.24, 2.45) is 0 Å². The van der Waals surface area contributed by atoms with Crippen molar-refractivity contribution in [3.8, 4) is 5.75 Å². The van der Waals surface area contributed by atoms with Crippen LogP contribution in [-0.4, -0.2) is 28.5 Å². The lowest BCUT2D eigenvalue weighted by atomic mass is 10.2. The Balaban J connectivity index is 1.74. The minimum atomic E-state index is -0.589. The number of nitro benzene ring substituents is 1. The topological polar surface area (TPSA) is 123 Å². The van der Waals surface area contributed by atoms with Crippen LogP contribution in [0.1, 0.15) is 10.4 Å². The minimum Gasteiger partial charge on any atom is -0.484 e. The van der Waals surface area contributed by atoms with Gasteiger partial charge >= 0.3 is 0 Å². The molecule has 0 aliphatic carbocycles. The largest absolute Gasteiger partial charge is 0.484 e. The van der Waals surface area contributed by atoms with Crippen molar-refractivity contribution in [2.75, 3.05) is 6.61 Å². The number of hydrogen-bond donors (Lipinski definition) is 3. The molecule has 11 heteroatoms. The molecule has 0 aliphatic rings. The van der Waals surface area contributed by atoms with Crippen molar-refractivity contribution in [1.82, 2.24) is 16.2 Å². The van der Waals surface area contributed by atoms with Crippen LogP contribution in [-0.2, 0) is 4.79 Å². The van der Waals surface area contributed by atoms with Gasteiger partial charge in [0.1, 0.15) is 5.75 Å². The van der Waals surface area contributed by atoms with Crippen molar-refractivity contribution in [2.45, 2.75) is 0 Å². The molecule has 0 aromatic heterocycles. The lowest BCUT2D eigenvalue weighted by Gasteiger charge is -2.11. The highest BCUT2D eigenvalue weighted by atomic mass is 35.5. The molecule has 140 valence electrons. The number of ether oxygens (including phenoxy) is 1. The lowest BCUT2D eigenvalue weighted by molar-refractivity contribution is -0.384. The average molecular weight is 409 g/mol. The summed E-state index contributed by atoms with van der Waals surface area (Å²) in [6, 6.07) is 11.4. The molecule has 0 saturated carbocycles. The van der Waals surface area contributed by atoms with E-state index in [0.29, 0.717) is 10.8 Å². The molecule has 27 heavy (non-hydrogen) atoms. The highest BCUT2D eigenvalue weighted by Gasteiger charge is 2.11. The Morgan fingerprint density at radius 2 is 1.70 bits per heavy atom. The molecule has 0 fully saturated rings. The minimum absolute atomic E-state index is 0.139. The van der Waals surface area contributed by atoms with Crippen LogP contribution in [0.15, 0.2) is 48.5 Å². The van der Waals surface area contributed by atoms with Gasteiger partial charge in [-0.1, -0.05) is 11.6 Å². The van der Waals surface area contributed by atoms with E-state index in [9.17, 15) is 19.7 Å². The van der Waals surface area contributed by atoms with E-state index in [1.165, 1.54) is 24.3 Å². The quantitative estimate of drug-likeness (QED) is 0.392. The fourth-order valence-corrected chi connectivity index (χ4v) is 2.05. The lowest BCUT2D eigenvalue weighted by Crippen LogP contribution is -2.49. The maximum atomic E-state index is 12.0. The summed E-state index contributed by atoms with van der Waals surface area (Å²) in [6.07, 6.45) is 0. The standard InChI is InChI=1S/C16H13ClN4O5S/c17-11-3-7-13(8-4-11)26-9-14(22)19-20-16(27)18-15(23)10-1-5-12(6-2-10)21(24)25/h1-8H,9H2,(H,19,22)(H2,18,20,23,27). The summed E-state index contributed by atoms with van der Waals surface area (Å²) >= 11 is 10.6. The van der Waals surface area contributed by atoms with Crippen molar-refractivity contribution in [3.05, 3.63) is 69.2 Å². The van der Waals surface area contributed by atoms with Gasteiger partial charge in [0.25, 0.3) is 17.5 Å². The van der Waals surface area contributed by atoms with E-state index in [1.54, 1.807) is 24.3 Å². The third-order valence-electron chi connectivity index (χ3n) is 3.07. The monoisotopic (exact) mass is 408 g/mol. The molecular formula is C16H13ClN4O5S. The summed E-state index contributed by atoms with van der Waals surface area (Å²) in [4.78, 5) is 33.7. The molecule has 0 saturated heterocycles. The molecule has 9 nitrogen and oxygen atoms in total. The number of nitro groups is 1. The third kappa shape index (κ3) is 6.53. The molecule has 2 amide bonds. The van der Waals surface area contributed by atoms with Crippen LogP contribution >= 0.6 is 23.8 Å². The second-order valence-electron chi connectivity index (χ2n) is 5.00. The van der Waals surface area contributed by atoms with Gasteiger partial charge in [-0.25, -0.2) is 0 Å². The van der Waals surface area contributed by atoms with E-state index < -0.39 is 16.7 Å². The zero-order valence-corrected chi connectivity index (χ0v) is 15.2. The normalized spacial score (nSPS) is 9.81. The Morgan fingerprint density at radius 1 is 1.07 bits per heavy atom. The number of hydrazine groups is 1. The summed E-state index contributed by atoms with van der Waals surface area (Å²) < 4.78 is 5.24. The van der Waals surface area contributed by atoms with E-state index >= 15 is 0 Å². The van der Waals surface area contributed by atoms with Crippen molar-refractivity contribution < 1.29 is 19.2 Å². The Bertz CT molecular complexity index is 858. The maximum Gasteiger partial charge on any atom is 0.276 e. The summed E-state index contributed by atoms with van der Waals surface area (Å²) in [6.45, 7) is -0.284. The van der Waals surface area contributed by atoms with Gasteiger partial charge in [-0.2, -0.15) is 0 Å². The first-order valence-electron chi connectivity index (χ1n) is 7.38. The van der Waals surface area contributed by atoms with Crippen molar-refractivity contribution >= 4 is 46.4 Å². The van der Waals surface area contributed by atoms with E-state index in [0.717, 1.165) is 0 Å². The predicted molar refractivity (Wildman–Crippen MR) is 101 cm³/mol. The molecule has 0 heterocycles. The number of amides is 2. The van der Waals surface area contributed by atoms with Crippen molar-refractivity contribution in [1.29, 1.82) is 0 Å². The number of non-ortho nitro benzene ring substituents is 1. The van der Waals surface area contributed by atoms with Gasteiger partial charge in [0.05, 0.1) is 4.92 Å². The van der Waals surface area contributed by atoms with Gasteiger partial charge in [0.2, 0.25) is 0 Å². The Labute approximate surface area is 163 Å². The molecule has 3 N–H and O–H groups in total. The number of benzene rings is 2. The molecular weight excluding hydrogens is 396 g/mol. The summed E-state index contributed by atoms with van der Waals surface area (Å²) in [7, 11) is 0. The van der Waals surface area contributed by atoms with Gasteiger partial charge in [-0.05, 0) is 48.6 Å². The number of nitrogens with one attached hydrogen (secondary N) is 3. The van der Waals surface area contributed by atoms with E-state index in [1.807, 2.05) is 0 Å². The average Bonchev–Trinajstić information content (AvgIpc) is 2.66. The van der Waals surface area contributed by atoms with E-state index in [4.69, 9.17) is 28.6 Å². The Morgan fingerprint density at radius 3 is 2.30 bits per heavy atom. The van der Waals surface area contributed by atoms with Crippen LogP contribution in [0.2, 0.25) is 5.02 Å². The highest BCUT2D eigenvalue weighted by Crippen LogP contribution is 2.15. The van der Waals surface area contributed by atoms with Crippen LogP contribution in [0.4, 0.5) is 5.69 Å². The van der Waals surface area contributed by atoms with Crippen LogP contribution < -0.4 is 20.9 Å². The molecule has 0 unspecified atom stereocenters. The maximum absolute atomic E-state index is 12.0. The number of rotatable bonds is 5. The highest BCUT2D eigenvalue weighted by molar-refractivity contribution is 7.80. The van der Waals surface area contributed by atoms with Crippen LogP contribution in [0.5, 0.6) is 5.75 Å². The first-order chi connectivity index (χ1) is 12.8. The van der Waals surface area contributed by atoms with Crippen molar-refractivity contribution in [3.63, 3.8) is 0 Å². The Kier molecular flexibility index (Phi) is 7.03. The molecule has 2 aromatic carbocycles. The fraction of sp³-hybridized carbons (Fsp3) is 0.0625. The molecule has 0 bridgehead atoms. The number of nitrogens with zero attached hydrogens (tertiary/aromatic N) is 1. The van der Waals surface area contributed by atoms with Gasteiger partial charge in [0, 0.05) is 22.7 Å². The first-order valence-corrected chi connectivity index (χ1v) is 8.17. The van der Waals surface area contributed by atoms with Gasteiger partial charge in [-0.15, -0.1) is 0 Å². The Hall–Kier alpha value is -3.24. The molecule has 0 aliphatic heterocycles. The molecule has 0 radical (unpaired) electrons. The smallest absolute Gasteiger partial charge is 0.276 e. The number of hydrogen-bond acceptors (Lipinski definition) is 6. The van der Waals surface area contributed by atoms with Gasteiger partial charge in [0.15, 0.2) is 11.7 Å². The molecule has 2 aromatic rings. The SMILES string of the molecule is O=C(COc1ccc(Cl)cc1)NNC(=S)NC(=O)c1ccc([N+](=O)[O-])cc1. The number of carbonyl (C=O) groups is 2. The third-order valence-corrected chi connectivity index (χ3v) is 3.52. The second-order valence-corrected chi connectivity index (χ2v) is 5.85. The first kappa shape index (κ1) is 20.1. The zero-order chi connectivity index (χ0) is 19.8. The molecule has 0 spiro atoms. The molecule has 0 atom stereocenters. The van der Waals surface area contributed by atoms with Gasteiger partial charge < -0.3 is 4.74 Å².